The van der Waals surface area contributed by atoms with Crippen molar-refractivity contribution in [2.75, 3.05) is 11.9 Å². The average molecular weight is 324 g/mol. The van der Waals surface area contributed by atoms with E-state index in [1.807, 2.05) is 24.3 Å². The first-order valence-electron chi connectivity index (χ1n) is 4.28. The maximum Gasteiger partial charge on any atom is 0.0870 e. The molecule has 0 radical (unpaired) electrons. The van der Waals surface area contributed by atoms with Crippen molar-refractivity contribution in [1.29, 1.82) is 0 Å². The molecule has 2 nitrogen and oxygen atoms in total. The predicted octanol–water partition coefficient (Wildman–Crippen LogP) is 2.72. The fraction of sp³-hybridized carbons (Fsp3) is 0.400. The first-order valence-corrected chi connectivity index (χ1v) is 6.20. The molecule has 0 aliphatic heterocycles. The van der Waals surface area contributed by atoms with Crippen LogP contribution in [0.3, 0.4) is 0 Å². The van der Waals surface area contributed by atoms with Crippen molar-refractivity contribution in [3.8, 4) is 0 Å². The highest BCUT2D eigenvalue weighted by molar-refractivity contribution is 9.10. The first-order chi connectivity index (χ1) is 6.72. The van der Waals surface area contributed by atoms with Crippen LogP contribution in [0.5, 0.6) is 0 Å². The lowest BCUT2D eigenvalue weighted by Crippen LogP contribution is -2.16. The molecule has 0 heterocycles. The van der Waals surface area contributed by atoms with Crippen molar-refractivity contribution in [2.24, 2.45) is 0 Å². The van der Waals surface area contributed by atoms with Crippen molar-refractivity contribution < 1.29 is 9.84 Å². The first kappa shape index (κ1) is 12.2. The van der Waals surface area contributed by atoms with Crippen LogP contribution in [0.4, 0.5) is 0 Å². The van der Waals surface area contributed by atoms with Gasteiger partial charge in [-0.1, -0.05) is 44.0 Å². The summed E-state index contributed by atoms with van der Waals surface area (Å²) in [6.45, 7) is 0.890. The minimum atomic E-state index is -0.429. The molecule has 0 bridgehead atoms. The minimum Gasteiger partial charge on any atom is -0.390 e. The van der Waals surface area contributed by atoms with Crippen LogP contribution in [0, 0.1) is 0 Å². The van der Waals surface area contributed by atoms with Crippen LogP contribution >= 0.6 is 31.9 Å². The van der Waals surface area contributed by atoms with Gasteiger partial charge in [0.1, 0.15) is 0 Å². The third-order valence-corrected chi connectivity index (χ3v) is 2.89. The monoisotopic (exact) mass is 322 g/mol. The van der Waals surface area contributed by atoms with Crippen LogP contribution in [0.25, 0.3) is 0 Å². The van der Waals surface area contributed by atoms with Gasteiger partial charge < -0.3 is 9.84 Å². The smallest absolute Gasteiger partial charge is 0.0870 e. The van der Waals surface area contributed by atoms with Crippen molar-refractivity contribution in [3.63, 3.8) is 0 Å². The summed E-state index contributed by atoms with van der Waals surface area (Å²) >= 11 is 6.56. The third-order valence-electron chi connectivity index (χ3n) is 1.65. The highest BCUT2D eigenvalue weighted by Gasteiger charge is 2.01. The Morgan fingerprint density at radius 3 is 2.86 bits per heavy atom. The molecular formula is C10H12Br2O2. The minimum absolute atomic E-state index is 0.359. The van der Waals surface area contributed by atoms with E-state index in [0.717, 1.165) is 10.0 Å². The summed E-state index contributed by atoms with van der Waals surface area (Å²) in [5, 5.41) is 9.76. The lowest BCUT2D eigenvalue weighted by Gasteiger charge is -2.08. The largest absolute Gasteiger partial charge is 0.390 e. The number of benzene rings is 1. The SMILES string of the molecule is OC(CBr)COCc1cccc(Br)c1. The molecule has 0 fully saturated rings. The summed E-state index contributed by atoms with van der Waals surface area (Å²) in [6.07, 6.45) is -0.429. The zero-order valence-electron chi connectivity index (χ0n) is 7.62. The Bertz CT molecular complexity index is 279. The normalized spacial score (nSPS) is 12.8. The Labute approximate surface area is 101 Å². The maximum absolute atomic E-state index is 9.21. The van der Waals surface area contributed by atoms with Crippen LogP contribution in [-0.4, -0.2) is 23.1 Å². The van der Waals surface area contributed by atoms with Gasteiger partial charge in [-0.15, -0.1) is 0 Å². The second kappa shape index (κ2) is 6.56. The molecule has 1 aromatic rings. The second-order valence-electron chi connectivity index (χ2n) is 2.95. The zero-order valence-corrected chi connectivity index (χ0v) is 10.8. The van der Waals surface area contributed by atoms with E-state index in [2.05, 4.69) is 31.9 Å². The van der Waals surface area contributed by atoms with Gasteiger partial charge in [-0.3, -0.25) is 0 Å². The molecule has 0 aromatic heterocycles. The molecule has 1 N–H and O–H groups in total. The number of aliphatic hydroxyl groups is 1. The van der Waals surface area contributed by atoms with Gasteiger partial charge in [-0.2, -0.15) is 0 Å². The molecule has 0 spiro atoms. The summed E-state index contributed by atoms with van der Waals surface area (Å²) in [5.74, 6) is 0. The Hall–Kier alpha value is 0.100. The van der Waals surface area contributed by atoms with Crippen LogP contribution in [0.15, 0.2) is 28.7 Å². The number of aliphatic hydroxyl groups excluding tert-OH is 1. The zero-order chi connectivity index (χ0) is 10.4. The topological polar surface area (TPSA) is 29.5 Å². The van der Waals surface area contributed by atoms with Gasteiger partial charge in [0.25, 0.3) is 0 Å². The van der Waals surface area contributed by atoms with Crippen LogP contribution in [0.1, 0.15) is 5.56 Å². The summed E-state index contributed by atoms with van der Waals surface area (Å²) < 4.78 is 6.37. The van der Waals surface area contributed by atoms with Gasteiger partial charge in [0, 0.05) is 9.80 Å². The van der Waals surface area contributed by atoms with E-state index in [0.29, 0.717) is 18.5 Å². The molecule has 0 amide bonds. The van der Waals surface area contributed by atoms with Crippen molar-refractivity contribution in [1.82, 2.24) is 0 Å². The second-order valence-corrected chi connectivity index (χ2v) is 4.52. The number of rotatable bonds is 5. The molecule has 1 unspecified atom stereocenters. The maximum atomic E-state index is 9.21. The summed E-state index contributed by atoms with van der Waals surface area (Å²) in [6, 6.07) is 7.92. The summed E-state index contributed by atoms with van der Waals surface area (Å²) in [7, 11) is 0. The molecule has 14 heavy (non-hydrogen) atoms. The molecule has 4 heteroatoms. The molecule has 1 aromatic carbocycles. The van der Waals surface area contributed by atoms with E-state index in [1.54, 1.807) is 0 Å². The Balaban J connectivity index is 2.31. The molecular weight excluding hydrogens is 312 g/mol. The number of ether oxygens (including phenoxy) is 1. The molecule has 1 rings (SSSR count). The highest BCUT2D eigenvalue weighted by Crippen LogP contribution is 2.12. The van der Waals surface area contributed by atoms with Crippen molar-refractivity contribution in [3.05, 3.63) is 34.3 Å². The van der Waals surface area contributed by atoms with Crippen LogP contribution < -0.4 is 0 Å². The van der Waals surface area contributed by atoms with E-state index in [9.17, 15) is 5.11 Å². The lowest BCUT2D eigenvalue weighted by atomic mass is 10.2. The van der Waals surface area contributed by atoms with E-state index in [4.69, 9.17) is 4.74 Å². The standard InChI is InChI=1S/C10H12Br2O2/c11-5-10(13)7-14-6-8-2-1-3-9(12)4-8/h1-4,10,13H,5-7H2. The molecule has 0 aliphatic carbocycles. The Morgan fingerprint density at radius 1 is 1.43 bits per heavy atom. The lowest BCUT2D eigenvalue weighted by molar-refractivity contribution is 0.0403. The van der Waals surface area contributed by atoms with Gasteiger partial charge in [0.15, 0.2) is 0 Å². The number of alkyl halides is 1. The van der Waals surface area contributed by atoms with Gasteiger partial charge in [-0.25, -0.2) is 0 Å². The molecule has 1 atom stereocenters. The molecule has 78 valence electrons. The number of halogens is 2. The average Bonchev–Trinajstić information content (AvgIpc) is 2.17. The fourth-order valence-electron chi connectivity index (χ4n) is 0.984. The van der Waals surface area contributed by atoms with Crippen molar-refractivity contribution >= 4 is 31.9 Å². The summed E-state index contributed by atoms with van der Waals surface area (Å²) in [5.41, 5.74) is 1.10. The Kier molecular flexibility index (Phi) is 5.70. The van der Waals surface area contributed by atoms with Crippen molar-refractivity contribution in [2.45, 2.75) is 12.7 Å². The molecule has 0 saturated carbocycles. The quantitative estimate of drug-likeness (QED) is 0.844. The Morgan fingerprint density at radius 2 is 2.21 bits per heavy atom. The van der Waals surface area contributed by atoms with Gasteiger partial charge in [0.2, 0.25) is 0 Å². The summed E-state index contributed by atoms with van der Waals surface area (Å²) in [4.78, 5) is 0. The van der Waals surface area contributed by atoms with E-state index in [-0.39, 0.29) is 0 Å². The molecule has 0 aliphatic rings. The third kappa shape index (κ3) is 4.55. The number of hydrogen-bond acceptors (Lipinski definition) is 2. The van der Waals surface area contributed by atoms with E-state index >= 15 is 0 Å². The van der Waals surface area contributed by atoms with E-state index in [1.165, 1.54) is 0 Å². The van der Waals surface area contributed by atoms with Gasteiger partial charge >= 0.3 is 0 Å². The van der Waals surface area contributed by atoms with Gasteiger partial charge in [-0.05, 0) is 17.7 Å². The molecule has 0 saturated heterocycles. The van der Waals surface area contributed by atoms with Crippen LogP contribution in [-0.2, 0) is 11.3 Å². The van der Waals surface area contributed by atoms with Crippen LogP contribution in [0.2, 0.25) is 0 Å². The van der Waals surface area contributed by atoms with Gasteiger partial charge in [0.05, 0.1) is 19.3 Å². The van der Waals surface area contributed by atoms with E-state index < -0.39 is 6.10 Å². The predicted molar refractivity (Wildman–Crippen MR) is 63.6 cm³/mol. The number of hydrogen-bond donors (Lipinski definition) is 1. The fourth-order valence-corrected chi connectivity index (χ4v) is 1.62. The highest BCUT2D eigenvalue weighted by atomic mass is 79.9.